The van der Waals surface area contributed by atoms with Crippen molar-refractivity contribution in [3.05, 3.63) is 58.9 Å². The van der Waals surface area contributed by atoms with Crippen LogP contribution in [0.25, 0.3) is 0 Å². The minimum Gasteiger partial charge on any atom is -0.497 e. The van der Waals surface area contributed by atoms with Gasteiger partial charge in [-0.1, -0.05) is 12.1 Å². The molecular formula is C17H17FO3. The van der Waals surface area contributed by atoms with Crippen molar-refractivity contribution in [3.8, 4) is 11.5 Å². The summed E-state index contributed by atoms with van der Waals surface area (Å²) in [5.74, 6) is 0.918. The van der Waals surface area contributed by atoms with E-state index in [1.165, 1.54) is 6.07 Å². The summed E-state index contributed by atoms with van der Waals surface area (Å²) in [5, 5.41) is 11.1. The minimum absolute atomic E-state index is 0.268. The maximum atomic E-state index is 13.9. The van der Waals surface area contributed by atoms with Crippen LogP contribution < -0.4 is 9.47 Å². The largest absolute Gasteiger partial charge is 0.497 e. The van der Waals surface area contributed by atoms with Crippen LogP contribution in [0.15, 0.2) is 36.4 Å². The first-order valence-corrected chi connectivity index (χ1v) is 6.83. The molecule has 0 saturated carbocycles. The Kier molecular flexibility index (Phi) is 3.33. The lowest BCUT2D eigenvalue weighted by atomic mass is 9.87. The molecule has 21 heavy (non-hydrogen) atoms. The molecule has 3 rings (SSSR count). The Morgan fingerprint density at radius 3 is 2.62 bits per heavy atom. The average molecular weight is 288 g/mol. The predicted octanol–water partition coefficient (Wildman–Crippen LogP) is 3.03. The van der Waals surface area contributed by atoms with E-state index < -0.39 is 5.60 Å². The normalized spacial score (nSPS) is 20.2. The third kappa shape index (κ3) is 2.07. The van der Waals surface area contributed by atoms with E-state index in [1.807, 2.05) is 0 Å². The van der Waals surface area contributed by atoms with Crippen molar-refractivity contribution in [3.63, 3.8) is 0 Å². The molecule has 0 heterocycles. The van der Waals surface area contributed by atoms with Gasteiger partial charge in [0.25, 0.3) is 0 Å². The summed E-state index contributed by atoms with van der Waals surface area (Å²) in [6.07, 6.45) is 0.944. The fourth-order valence-corrected chi connectivity index (χ4v) is 3.06. The quantitative estimate of drug-likeness (QED) is 0.943. The summed E-state index contributed by atoms with van der Waals surface area (Å²) in [7, 11) is 3.12. The SMILES string of the molecule is COc1ccc(C2(O)CCc3c(F)cccc32)c(OC)c1. The number of hydrogen-bond donors (Lipinski definition) is 1. The summed E-state index contributed by atoms with van der Waals surface area (Å²) >= 11 is 0. The van der Waals surface area contributed by atoms with Gasteiger partial charge in [0.15, 0.2) is 0 Å². The van der Waals surface area contributed by atoms with E-state index in [-0.39, 0.29) is 5.82 Å². The maximum absolute atomic E-state index is 13.9. The molecule has 3 nitrogen and oxygen atoms in total. The van der Waals surface area contributed by atoms with Gasteiger partial charge in [-0.2, -0.15) is 0 Å². The number of halogens is 1. The van der Waals surface area contributed by atoms with E-state index in [1.54, 1.807) is 44.6 Å². The van der Waals surface area contributed by atoms with Crippen molar-refractivity contribution in [2.45, 2.75) is 18.4 Å². The van der Waals surface area contributed by atoms with Gasteiger partial charge in [0, 0.05) is 11.6 Å². The molecule has 0 bridgehead atoms. The van der Waals surface area contributed by atoms with E-state index in [2.05, 4.69) is 0 Å². The zero-order chi connectivity index (χ0) is 15.0. The minimum atomic E-state index is -1.23. The van der Waals surface area contributed by atoms with Crippen molar-refractivity contribution in [1.82, 2.24) is 0 Å². The van der Waals surface area contributed by atoms with Crippen LogP contribution in [0.2, 0.25) is 0 Å². The molecule has 0 amide bonds. The Morgan fingerprint density at radius 1 is 1.10 bits per heavy atom. The number of fused-ring (bicyclic) bond motifs is 1. The third-order valence-corrected chi connectivity index (χ3v) is 4.16. The van der Waals surface area contributed by atoms with E-state index >= 15 is 0 Å². The number of methoxy groups -OCH3 is 2. The van der Waals surface area contributed by atoms with Crippen molar-refractivity contribution >= 4 is 0 Å². The fraction of sp³-hybridized carbons (Fsp3) is 0.294. The maximum Gasteiger partial charge on any atom is 0.128 e. The zero-order valence-electron chi connectivity index (χ0n) is 12.0. The molecule has 1 aliphatic rings. The van der Waals surface area contributed by atoms with Crippen LogP contribution in [-0.2, 0) is 12.0 Å². The highest BCUT2D eigenvalue weighted by Crippen LogP contribution is 2.46. The van der Waals surface area contributed by atoms with Crippen LogP contribution in [0.3, 0.4) is 0 Å². The van der Waals surface area contributed by atoms with Gasteiger partial charge in [0.2, 0.25) is 0 Å². The number of aliphatic hydroxyl groups is 1. The zero-order valence-corrected chi connectivity index (χ0v) is 12.0. The Hall–Kier alpha value is -2.07. The molecule has 2 aromatic carbocycles. The number of benzene rings is 2. The van der Waals surface area contributed by atoms with Crippen LogP contribution >= 0.6 is 0 Å². The molecule has 4 heteroatoms. The summed E-state index contributed by atoms with van der Waals surface area (Å²) < 4.78 is 24.4. The lowest BCUT2D eigenvalue weighted by Gasteiger charge is -2.27. The van der Waals surface area contributed by atoms with Crippen molar-refractivity contribution in [2.24, 2.45) is 0 Å². The van der Waals surface area contributed by atoms with Gasteiger partial charge in [-0.3, -0.25) is 0 Å². The average Bonchev–Trinajstić information content (AvgIpc) is 2.86. The van der Waals surface area contributed by atoms with Crippen molar-refractivity contribution in [1.29, 1.82) is 0 Å². The first-order valence-electron chi connectivity index (χ1n) is 6.83. The van der Waals surface area contributed by atoms with Gasteiger partial charge in [-0.05, 0) is 42.2 Å². The number of ether oxygens (including phenoxy) is 2. The Labute approximate surface area is 122 Å². The van der Waals surface area contributed by atoms with Crippen LogP contribution in [0, 0.1) is 5.82 Å². The summed E-state index contributed by atoms with van der Waals surface area (Å²) in [6.45, 7) is 0. The third-order valence-electron chi connectivity index (χ3n) is 4.16. The van der Waals surface area contributed by atoms with Gasteiger partial charge in [0.1, 0.15) is 22.9 Å². The van der Waals surface area contributed by atoms with E-state index in [4.69, 9.17) is 9.47 Å². The molecule has 110 valence electrons. The second-order valence-corrected chi connectivity index (χ2v) is 5.19. The van der Waals surface area contributed by atoms with Gasteiger partial charge >= 0.3 is 0 Å². The predicted molar refractivity (Wildman–Crippen MR) is 77.3 cm³/mol. The fourth-order valence-electron chi connectivity index (χ4n) is 3.06. The molecule has 1 aliphatic carbocycles. The van der Waals surface area contributed by atoms with Gasteiger partial charge in [-0.25, -0.2) is 4.39 Å². The Morgan fingerprint density at radius 2 is 1.90 bits per heavy atom. The highest BCUT2D eigenvalue weighted by molar-refractivity contribution is 5.52. The first-order chi connectivity index (χ1) is 10.1. The Balaban J connectivity index is 2.16. The standard InChI is InChI=1S/C17H17FO3/c1-20-11-6-7-14(16(10-11)21-2)17(19)9-8-12-13(17)4-3-5-15(12)18/h3-7,10,19H,8-9H2,1-2H3. The van der Waals surface area contributed by atoms with Gasteiger partial charge in [0.05, 0.1) is 14.2 Å². The molecule has 0 aliphatic heterocycles. The summed E-state index contributed by atoms with van der Waals surface area (Å²) in [4.78, 5) is 0. The van der Waals surface area contributed by atoms with Crippen LogP contribution in [0.4, 0.5) is 4.39 Å². The topological polar surface area (TPSA) is 38.7 Å². The molecular weight excluding hydrogens is 271 g/mol. The highest BCUT2D eigenvalue weighted by Gasteiger charge is 2.41. The summed E-state index contributed by atoms with van der Waals surface area (Å²) in [6, 6.07) is 10.1. The van der Waals surface area contributed by atoms with Crippen molar-refractivity contribution in [2.75, 3.05) is 14.2 Å². The van der Waals surface area contributed by atoms with E-state index in [0.717, 1.165) is 0 Å². The molecule has 0 fully saturated rings. The lowest BCUT2D eigenvalue weighted by Crippen LogP contribution is -2.24. The molecule has 2 aromatic rings. The lowest BCUT2D eigenvalue weighted by molar-refractivity contribution is 0.0799. The second kappa shape index (κ2) is 5.04. The second-order valence-electron chi connectivity index (χ2n) is 5.19. The highest BCUT2D eigenvalue weighted by atomic mass is 19.1. The number of hydrogen-bond acceptors (Lipinski definition) is 3. The summed E-state index contributed by atoms with van der Waals surface area (Å²) in [5.41, 5.74) is 0.605. The van der Waals surface area contributed by atoms with Crippen molar-refractivity contribution < 1.29 is 19.0 Å². The van der Waals surface area contributed by atoms with E-state index in [0.29, 0.717) is 41.0 Å². The molecule has 0 spiro atoms. The smallest absolute Gasteiger partial charge is 0.128 e. The molecule has 0 aromatic heterocycles. The van der Waals surface area contributed by atoms with Crippen LogP contribution in [-0.4, -0.2) is 19.3 Å². The molecule has 1 N–H and O–H groups in total. The molecule has 1 unspecified atom stereocenters. The number of rotatable bonds is 3. The van der Waals surface area contributed by atoms with Gasteiger partial charge < -0.3 is 14.6 Å². The molecule has 0 radical (unpaired) electrons. The van der Waals surface area contributed by atoms with E-state index in [9.17, 15) is 9.50 Å². The Bertz CT molecular complexity index is 684. The molecule has 0 saturated heterocycles. The monoisotopic (exact) mass is 288 g/mol. The first kappa shape index (κ1) is 13.9. The van der Waals surface area contributed by atoms with Crippen LogP contribution in [0.5, 0.6) is 11.5 Å². The van der Waals surface area contributed by atoms with Crippen LogP contribution in [0.1, 0.15) is 23.1 Å². The molecule has 1 atom stereocenters. The van der Waals surface area contributed by atoms with Gasteiger partial charge in [-0.15, -0.1) is 0 Å².